The van der Waals surface area contributed by atoms with Crippen LogP contribution in [0.25, 0.3) is 0 Å². The topological polar surface area (TPSA) is 46.9 Å². The van der Waals surface area contributed by atoms with Crippen LogP contribution >= 0.6 is 0 Å². The monoisotopic (exact) mass is 265 g/mol. The van der Waals surface area contributed by atoms with Crippen LogP contribution in [0.1, 0.15) is 54.4 Å². The number of aromatic nitrogens is 2. The van der Waals surface area contributed by atoms with Crippen LogP contribution in [0.2, 0.25) is 0 Å². The van der Waals surface area contributed by atoms with E-state index in [9.17, 15) is 4.79 Å². The van der Waals surface area contributed by atoms with Crippen LogP contribution in [0.3, 0.4) is 0 Å². The van der Waals surface area contributed by atoms with Gasteiger partial charge in [-0.3, -0.25) is 4.79 Å². The van der Waals surface area contributed by atoms with Gasteiger partial charge in [-0.05, 0) is 46.5 Å². The average molecular weight is 265 g/mol. The Labute approximate surface area is 116 Å². The Balaban J connectivity index is 2.83. The minimum absolute atomic E-state index is 0.0496. The highest BCUT2D eigenvalue weighted by molar-refractivity contribution is 5.32. The summed E-state index contributed by atoms with van der Waals surface area (Å²) in [7, 11) is 0. The molecule has 1 heterocycles. The fourth-order valence-corrected chi connectivity index (χ4v) is 1.93. The molecule has 1 N–H and O–H groups in total. The molecule has 108 valence electrons. The lowest BCUT2D eigenvalue weighted by Crippen LogP contribution is -2.36. The smallest absolute Gasteiger partial charge is 0.293 e. The summed E-state index contributed by atoms with van der Waals surface area (Å²) in [4.78, 5) is 16.5. The molecule has 19 heavy (non-hydrogen) atoms. The van der Waals surface area contributed by atoms with E-state index in [0.717, 1.165) is 12.8 Å². The first-order chi connectivity index (χ1) is 8.71. The van der Waals surface area contributed by atoms with Crippen molar-refractivity contribution in [1.82, 2.24) is 9.55 Å². The highest BCUT2D eigenvalue weighted by Crippen LogP contribution is 2.12. The molecule has 1 rings (SSSR count). The quantitative estimate of drug-likeness (QED) is 0.889. The van der Waals surface area contributed by atoms with Crippen molar-refractivity contribution in [2.45, 2.75) is 66.0 Å². The van der Waals surface area contributed by atoms with E-state index < -0.39 is 0 Å². The molecule has 0 saturated carbocycles. The zero-order valence-corrected chi connectivity index (χ0v) is 13.0. The zero-order chi connectivity index (χ0) is 14.6. The average Bonchev–Trinajstić information content (AvgIpc) is 2.27. The normalized spacial score (nSPS) is 13.6. The molecule has 0 aliphatic rings. The van der Waals surface area contributed by atoms with Crippen LogP contribution < -0.4 is 10.9 Å². The van der Waals surface area contributed by atoms with Crippen molar-refractivity contribution in [3.63, 3.8) is 0 Å². The van der Waals surface area contributed by atoms with Crippen molar-refractivity contribution < 1.29 is 0 Å². The van der Waals surface area contributed by atoms with Crippen molar-refractivity contribution in [2.75, 3.05) is 5.32 Å². The first kappa shape index (κ1) is 15.7. The summed E-state index contributed by atoms with van der Waals surface area (Å²) in [5.74, 6) is 1.13. The summed E-state index contributed by atoms with van der Waals surface area (Å²) in [6.07, 6.45) is 5.62. The molecule has 1 aromatic rings. The molecule has 0 aliphatic carbocycles. The molecule has 1 unspecified atom stereocenters. The molecule has 0 amide bonds. The van der Waals surface area contributed by atoms with Gasteiger partial charge in [0.25, 0.3) is 5.56 Å². The van der Waals surface area contributed by atoms with Crippen molar-refractivity contribution in [3.8, 4) is 0 Å². The fourth-order valence-electron chi connectivity index (χ4n) is 1.93. The highest BCUT2D eigenvalue weighted by Gasteiger charge is 2.17. The third-order valence-electron chi connectivity index (χ3n) is 3.12. The lowest BCUT2D eigenvalue weighted by Gasteiger charge is -2.23. The van der Waals surface area contributed by atoms with E-state index in [1.807, 2.05) is 20.8 Å². The maximum atomic E-state index is 12.3. The fraction of sp³-hybridized carbons (Fsp3) is 0.733. The first-order valence-corrected chi connectivity index (χ1v) is 7.06. The lowest BCUT2D eigenvalue weighted by atomic mass is 10.0. The standard InChI is InChI=1S/C15H27N3O/c1-11(2)7-8-12(3)17-13-14(19)18(10-9-16-13)15(4,5)6/h9-12H,7-8H2,1-6H3,(H,16,17). The summed E-state index contributed by atoms with van der Waals surface area (Å²) in [6, 6.07) is 0.262. The molecular weight excluding hydrogens is 238 g/mol. The molecule has 1 aromatic heterocycles. The van der Waals surface area contributed by atoms with Gasteiger partial charge in [0.05, 0.1) is 0 Å². The van der Waals surface area contributed by atoms with E-state index in [-0.39, 0.29) is 17.1 Å². The molecule has 0 aromatic carbocycles. The SMILES string of the molecule is CC(C)CCC(C)Nc1nccn(C(C)(C)C)c1=O. The van der Waals surface area contributed by atoms with E-state index in [4.69, 9.17) is 0 Å². The highest BCUT2D eigenvalue weighted by atomic mass is 16.1. The van der Waals surface area contributed by atoms with Gasteiger partial charge in [0, 0.05) is 24.0 Å². The Kier molecular flexibility index (Phi) is 5.15. The summed E-state index contributed by atoms with van der Waals surface area (Å²) >= 11 is 0. The largest absolute Gasteiger partial charge is 0.363 e. The second-order valence-corrected chi connectivity index (χ2v) is 6.64. The van der Waals surface area contributed by atoms with Gasteiger partial charge >= 0.3 is 0 Å². The Morgan fingerprint density at radius 3 is 2.42 bits per heavy atom. The van der Waals surface area contributed by atoms with Crippen LogP contribution in [0.5, 0.6) is 0 Å². The van der Waals surface area contributed by atoms with Crippen LogP contribution in [-0.2, 0) is 5.54 Å². The van der Waals surface area contributed by atoms with E-state index in [2.05, 4.69) is 31.1 Å². The number of nitrogens with one attached hydrogen (secondary N) is 1. The second-order valence-electron chi connectivity index (χ2n) is 6.64. The Bertz CT molecular complexity index is 457. The van der Waals surface area contributed by atoms with Crippen LogP contribution in [0.15, 0.2) is 17.2 Å². The summed E-state index contributed by atoms with van der Waals surface area (Å²) in [5.41, 5.74) is -0.274. The minimum atomic E-state index is -0.225. The van der Waals surface area contributed by atoms with Gasteiger partial charge in [-0.25, -0.2) is 4.98 Å². The van der Waals surface area contributed by atoms with Gasteiger partial charge in [0.2, 0.25) is 0 Å². The Morgan fingerprint density at radius 1 is 1.26 bits per heavy atom. The van der Waals surface area contributed by atoms with E-state index in [0.29, 0.717) is 11.7 Å². The molecule has 4 heteroatoms. The van der Waals surface area contributed by atoms with E-state index in [1.54, 1.807) is 17.0 Å². The van der Waals surface area contributed by atoms with Crippen molar-refractivity contribution in [1.29, 1.82) is 0 Å². The van der Waals surface area contributed by atoms with Crippen molar-refractivity contribution in [2.24, 2.45) is 5.92 Å². The summed E-state index contributed by atoms with van der Waals surface area (Å²) in [5, 5.41) is 3.23. The molecule has 4 nitrogen and oxygen atoms in total. The maximum Gasteiger partial charge on any atom is 0.293 e. The van der Waals surface area contributed by atoms with Crippen LogP contribution in [0, 0.1) is 5.92 Å². The maximum absolute atomic E-state index is 12.3. The molecule has 0 saturated heterocycles. The second kappa shape index (κ2) is 6.22. The molecule has 0 aliphatic heterocycles. The first-order valence-electron chi connectivity index (χ1n) is 7.06. The predicted octanol–water partition coefficient (Wildman–Crippen LogP) is 3.23. The summed E-state index contributed by atoms with van der Waals surface area (Å²) < 4.78 is 1.72. The molecule has 0 radical (unpaired) electrons. The van der Waals surface area contributed by atoms with Gasteiger partial charge in [-0.15, -0.1) is 0 Å². The van der Waals surface area contributed by atoms with Gasteiger partial charge < -0.3 is 9.88 Å². The Hall–Kier alpha value is -1.32. The van der Waals surface area contributed by atoms with Crippen LogP contribution in [0.4, 0.5) is 5.82 Å². The van der Waals surface area contributed by atoms with Gasteiger partial charge in [0.15, 0.2) is 5.82 Å². The predicted molar refractivity (Wildman–Crippen MR) is 80.6 cm³/mol. The molecule has 0 bridgehead atoms. The zero-order valence-electron chi connectivity index (χ0n) is 13.0. The number of hydrogen-bond donors (Lipinski definition) is 1. The molecular formula is C15H27N3O. The Morgan fingerprint density at radius 2 is 1.89 bits per heavy atom. The number of nitrogens with zero attached hydrogens (tertiary/aromatic N) is 2. The van der Waals surface area contributed by atoms with Crippen LogP contribution in [-0.4, -0.2) is 15.6 Å². The molecule has 1 atom stereocenters. The number of rotatable bonds is 5. The third kappa shape index (κ3) is 4.69. The number of hydrogen-bond acceptors (Lipinski definition) is 3. The molecule has 0 spiro atoms. The van der Waals surface area contributed by atoms with Gasteiger partial charge in [-0.2, -0.15) is 0 Å². The van der Waals surface area contributed by atoms with Gasteiger partial charge in [-0.1, -0.05) is 13.8 Å². The number of anilines is 1. The lowest BCUT2D eigenvalue weighted by molar-refractivity contribution is 0.383. The minimum Gasteiger partial charge on any atom is -0.363 e. The summed E-state index contributed by atoms with van der Waals surface area (Å²) in [6.45, 7) is 12.6. The molecule has 0 fully saturated rings. The van der Waals surface area contributed by atoms with Crippen molar-refractivity contribution >= 4 is 5.82 Å². The van der Waals surface area contributed by atoms with E-state index >= 15 is 0 Å². The van der Waals surface area contributed by atoms with Crippen molar-refractivity contribution in [3.05, 3.63) is 22.7 Å². The third-order valence-corrected chi connectivity index (χ3v) is 3.12. The van der Waals surface area contributed by atoms with Gasteiger partial charge in [0.1, 0.15) is 0 Å². The van der Waals surface area contributed by atoms with E-state index in [1.165, 1.54) is 0 Å².